The zero-order chi connectivity index (χ0) is 19.2. The highest BCUT2D eigenvalue weighted by Gasteiger charge is 2.16. The molecule has 7 nitrogen and oxygen atoms in total. The maximum atomic E-state index is 12.1. The van der Waals surface area contributed by atoms with Crippen molar-refractivity contribution in [2.45, 2.75) is 19.1 Å². The first-order valence-corrected chi connectivity index (χ1v) is 8.82. The number of fused-ring (bicyclic) bond motifs is 1. The maximum Gasteiger partial charge on any atom is 0.315 e. The molecule has 1 aliphatic rings. The lowest BCUT2D eigenvalue weighted by Crippen LogP contribution is -2.39. The van der Waals surface area contributed by atoms with Crippen LogP contribution in [0.5, 0.6) is 17.2 Å². The zero-order valence-electron chi connectivity index (χ0n) is 15.4. The number of carbonyl (C=O) groups is 1. The summed E-state index contributed by atoms with van der Waals surface area (Å²) in [5.41, 5.74) is 1.61. The van der Waals surface area contributed by atoms with Crippen LogP contribution in [0.25, 0.3) is 0 Å². The number of methoxy groups -OCH3 is 1. The lowest BCUT2D eigenvalue weighted by molar-refractivity contribution is 0.171. The quantitative estimate of drug-likeness (QED) is 0.725. The molecular formula is C20H24N2O5. The molecule has 0 bridgehead atoms. The Morgan fingerprint density at radius 3 is 2.48 bits per heavy atom. The van der Waals surface area contributed by atoms with E-state index in [9.17, 15) is 9.90 Å². The SMILES string of the molecule is COc1ccc(C(O)CNC(=O)NC(C)c2ccc3c(c2)OCCO3)cc1. The van der Waals surface area contributed by atoms with Gasteiger partial charge in [0.1, 0.15) is 19.0 Å². The predicted molar refractivity (Wildman–Crippen MR) is 100 cm³/mol. The van der Waals surface area contributed by atoms with Gasteiger partial charge in [0.25, 0.3) is 0 Å². The average molecular weight is 372 g/mol. The molecule has 3 N–H and O–H groups in total. The van der Waals surface area contributed by atoms with Gasteiger partial charge in [-0.2, -0.15) is 0 Å². The monoisotopic (exact) mass is 372 g/mol. The highest BCUT2D eigenvalue weighted by atomic mass is 16.6. The fourth-order valence-electron chi connectivity index (χ4n) is 2.79. The van der Waals surface area contributed by atoms with E-state index in [0.717, 1.165) is 5.56 Å². The highest BCUT2D eigenvalue weighted by molar-refractivity contribution is 5.74. The standard InChI is InChI=1S/C20H24N2O5/c1-13(15-5-8-18-19(11-15)27-10-9-26-18)22-20(24)21-12-17(23)14-3-6-16(25-2)7-4-14/h3-8,11,13,17,23H,9-10,12H2,1-2H3,(H2,21,22,24). The van der Waals surface area contributed by atoms with Crippen molar-refractivity contribution in [3.8, 4) is 17.2 Å². The van der Waals surface area contributed by atoms with Crippen LogP contribution in [0.4, 0.5) is 4.79 Å². The van der Waals surface area contributed by atoms with E-state index in [4.69, 9.17) is 14.2 Å². The van der Waals surface area contributed by atoms with Crippen LogP contribution in [0.1, 0.15) is 30.2 Å². The second kappa shape index (κ2) is 8.64. The van der Waals surface area contributed by atoms with Crippen molar-refractivity contribution < 1.29 is 24.1 Å². The van der Waals surface area contributed by atoms with Crippen molar-refractivity contribution in [2.75, 3.05) is 26.9 Å². The van der Waals surface area contributed by atoms with E-state index in [1.165, 1.54) is 0 Å². The van der Waals surface area contributed by atoms with E-state index >= 15 is 0 Å². The molecule has 0 saturated heterocycles. The van der Waals surface area contributed by atoms with Gasteiger partial charge >= 0.3 is 6.03 Å². The predicted octanol–water partition coefficient (Wildman–Crippen LogP) is 2.56. The maximum absolute atomic E-state index is 12.1. The molecule has 0 radical (unpaired) electrons. The largest absolute Gasteiger partial charge is 0.497 e. The van der Waals surface area contributed by atoms with Gasteiger partial charge in [0.2, 0.25) is 0 Å². The number of nitrogens with one attached hydrogen (secondary N) is 2. The van der Waals surface area contributed by atoms with Gasteiger partial charge in [-0.1, -0.05) is 18.2 Å². The molecule has 0 aromatic heterocycles. The second-order valence-corrected chi connectivity index (χ2v) is 6.27. The smallest absolute Gasteiger partial charge is 0.315 e. The van der Waals surface area contributed by atoms with Gasteiger partial charge in [-0.15, -0.1) is 0 Å². The molecule has 2 aromatic carbocycles. The summed E-state index contributed by atoms with van der Waals surface area (Å²) >= 11 is 0. The van der Waals surface area contributed by atoms with Gasteiger partial charge in [-0.25, -0.2) is 4.79 Å². The first-order chi connectivity index (χ1) is 13.1. The van der Waals surface area contributed by atoms with Crippen LogP contribution in [0.2, 0.25) is 0 Å². The summed E-state index contributed by atoms with van der Waals surface area (Å²) in [5.74, 6) is 2.11. The molecule has 0 aliphatic carbocycles. The van der Waals surface area contributed by atoms with Crippen molar-refractivity contribution in [1.82, 2.24) is 10.6 Å². The van der Waals surface area contributed by atoms with Crippen LogP contribution in [0, 0.1) is 0 Å². The van der Waals surface area contributed by atoms with Crippen molar-refractivity contribution >= 4 is 6.03 Å². The first-order valence-electron chi connectivity index (χ1n) is 8.82. The number of amides is 2. The normalized spacial score (nSPS) is 14.8. The number of aliphatic hydroxyl groups excluding tert-OH is 1. The third-order valence-electron chi connectivity index (χ3n) is 4.37. The first kappa shape index (κ1) is 18.8. The van der Waals surface area contributed by atoms with Gasteiger partial charge in [0.05, 0.1) is 19.3 Å². The summed E-state index contributed by atoms with van der Waals surface area (Å²) < 4.78 is 16.2. The molecule has 1 aliphatic heterocycles. The Kier molecular flexibility index (Phi) is 6.03. The van der Waals surface area contributed by atoms with Gasteiger partial charge in [-0.3, -0.25) is 0 Å². The Bertz CT molecular complexity index is 778. The number of aliphatic hydroxyl groups is 1. The lowest BCUT2D eigenvalue weighted by Gasteiger charge is -2.21. The minimum absolute atomic E-state index is 0.103. The van der Waals surface area contributed by atoms with E-state index < -0.39 is 6.10 Å². The minimum atomic E-state index is -0.800. The molecule has 2 unspecified atom stereocenters. The fourth-order valence-corrected chi connectivity index (χ4v) is 2.79. The Balaban J connectivity index is 1.51. The van der Waals surface area contributed by atoms with Crippen molar-refractivity contribution in [3.63, 3.8) is 0 Å². The van der Waals surface area contributed by atoms with Gasteiger partial charge < -0.3 is 30.0 Å². The molecule has 0 spiro atoms. The van der Waals surface area contributed by atoms with Crippen LogP contribution in [-0.4, -0.2) is 38.0 Å². The molecular weight excluding hydrogens is 348 g/mol. The molecule has 1 heterocycles. The third-order valence-corrected chi connectivity index (χ3v) is 4.37. The van der Waals surface area contributed by atoms with E-state index in [1.807, 2.05) is 25.1 Å². The summed E-state index contributed by atoms with van der Waals surface area (Å²) in [5, 5.41) is 15.7. The van der Waals surface area contributed by atoms with E-state index in [-0.39, 0.29) is 18.6 Å². The number of hydrogen-bond acceptors (Lipinski definition) is 5. The summed E-state index contributed by atoms with van der Waals surface area (Å²) in [4.78, 5) is 12.1. The topological polar surface area (TPSA) is 89.1 Å². The van der Waals surface area contributed by atoms with Crippen LogP contribution >= 0.6 is 0 Å². The fraction of sp³-hybridized carbons (Fsp3) is 0.350. The van der Waals surface area contributed by atoms with Crippen molar-refractivity contribution in [3.05, 3.63) is 53.6 Å². The Morgan fingerprint density at radius 1 is 1.11 bits per heavy atom. The van der Waals surface area contributed by atoms with Crippen LogP contribution in [-0.2, 0) is 0 Å². The molecule has 3 rings (SSSR count). The van der Waals surface area contributed by atoms with Crippen LogP contribution in [0.3, 0.4) is 0 Å². The van der Waals surface area contributed by atoms with Crippen molar-refractivity contribution in [2.24, 2.45) is 0 Å². The number of benzene rings is 2. The number of urea groups is 1. The van der Waals surface area contributed by atoms with Gasteiger partial charge in [0, 0.05) is 6.54 Å². The highest BCUT2D eigenvalue weighted by Crippen LogP contribution is 2.32. The van der Waals surface area contributed by atoms with Crippen molar-refractivity contribution in [1.29, 1.82) is 0 Å². The third kappa shape index (κ3) is 4.83. The summed E-state index contributed by atoms with van der Waals surface area (Å²) in [6.07, 6.45) is -0.800. The Hall–Kier alpha value is -2.93. The van der Waals surface area contributed by atoms with Crippen LogP contribution < -0.4 is 24.8 Å². The van der Waals surface area contributed by atoms with E-state index in [0.29, 0.717) is 36.0 Å². The molecule has 2 atom stereocenters. The summed E-state index contributed by atoms with van der Waals surface area (Å²) in [6, 6.07) is 12.1. The Morgan fingerprint density at radius 2 is 1.78 bits per heavy atom. The summed E-state index contributed by atoms with van der Waals surface area (Å²) in [7, 11) is 1.58. The molecule has 0 fully saturated rings. The number of hydrogen-bond donors (Lipinski definition) is 3. The number of ether oxygens (including phenoxy) is 3. The molecule has 2 aromatic rings. The molecule has 27 heavy (non-hydrogen) atoms. The van der Waals surface area contributed by atoms with Crippen LogP contribution in [0.15, 0.2) is 42.5 Å². The van der Waals surface area contributed by atoms with Gasteiger partial charge in [0.15, 0.2) is 11.5 Å². The molecule has 7 heteroatoms. The number of rotatable bonds is 6. The van der Waals surface area contributed by atoms with E-state index in [1.54, 1.807) is 31.4 Å². The molecule has 2 amide bonds. The lowest BCUT2D eigenvalue weighted by atomic mass is 10.1. The molecule has 0 saturated carbocycles. The minimum Gasteiger partial charge on any atom is -0.497 e. The Labute approximate surface area is 158 Å². The average Bonchev–Trinajstić information content (AvgIpc) is 2.71. The number of carbonyl (C=O) groups excluding carboxylic acids is 1. The molecule has 144 valence electrons. The zero-order valence-corrected chi connectivity index (χ0v) is 15.4. The summed E-state index contributed by atoms with van der Waals surface area (Å²) in [6.45, 7) is 3.04. The second-order valence-electron chi connectivity index (χ2n) is 6.27. The van der Waals surface area contributed by atoms with E-state index in [2.05, 4.69) is 10.6 Å². The van der Waals surface area contributed by atoms with Gasteiger partial charge in [-0.05, 0) is 42.3 Å².